The fraction of sp³-hybridized carbons (Fsp3) is 0.263. The minimum atomic E-state index is -1.37. The summed E-state index contributed by atoms with van der Waals surface area (Å²) in [5, 5.41) is 16.0. The fourth-order valence-corrected chi connectivity index (χ4v) is 5.39. The van der Waals surface area contributed by atoms with Gasteiger partial charge in [0.1, 0.15) is 11.4 Å². The molecular weight excluding hydrogens is 434 g/mol. The first-order valence-corrected chi connectivity index (χ1v) is 10.6. The maximum Gasteiger partial charge on any atom is 0.253 e. The third-order valence-electron chi connectivity index (χ3n) is 4.62. The molecule has 0 unspecified atom stereocenters. The second-order valence-corrected chi connectivity index (χ2v) is 8.64. The lowest BCUT2D eigenvalue weighted by Gasteiger charge is -2.50. The van der Waals surface area contributed by atoms with E-state index < -0.39 is 23.3 Å². The monoisotopic (exact) mass is 451 g/mol. The molecule has 2 aliphatic heterocycles. The van der Waals surface area contributed by atoms with Crippen molar-refractivity contribution in [1.82, 2.24) is 10.2 Å². The number of thiophene rings is 1. The standard InChI is InChI=1S/C19H17N3O4S2.ClH/c23-14(9-13-5-4-8-27-13)20-15-17(24)22-16(19(25)26)12(11-28-18(15)22)10-21-6-2-1-3-7-21;/h1-8,15,18H,9-11H2,(H-,20,23,25,26);1H/t15-,18-;/m1./s1. The highest BCUT2D eigenvalue weighted by molar-refractivity contribution is 8.00. The predicted octanol–water partition coefficient (Wildman–Crippen LogP) is 0.104. The van der Waals surface area contributed by atoms with E-state index in [2.05, 4.69) is 5.32 Å². The van der Waals surface area contributed by atoms with Crippen LogP contribution in [0.4, 0.5) is 0 Å². The number of thioether (sulfide) groups is 1. The molecule has 2 aromatic heterocycles. The van der Waals surface area contributed by atoms with E-state index in [1.807, 2.05) is 52.7 Å². The van der Waals surface area contributed by atoms with Gasteiger partial charge in [0.2, 0.25) is 5.91 Å². The number of carbonyl (C=O) groups excluding carboxylic acids is 3. The van der Waals surface area contributed by atoms with Gasteiger partial charge < -0.3 is 15.2 Å². The lowest BCUT2D eigenvalue weighted by atomic mass is 10.0. The summed E-state index contributed by atoms with van der Waals surface area (Å²) < 4.78 is 1.85. The van der Waals surface area contributed by atoms with Crippen molar-refractivity contribution < 1.29 is 24.1 Å². The molecule has 4 heterocycles. The topological polar surface area (TPSA) is 93.4 Å². The second-order valence-electron chi connectivity index (χ2n) is 6.50. The van der Waals surface area contributed by atoms with Crippen molar-refractivity contribution in [3.05, 3.63) is 64.3 Å². The van der Waals surface area contributed by atoms with Crippen LogP contribution in [-0.4, -0.2) is 39.9 Å². The Kier molecular flexibility index (Phi) is 6.61. The first kappa shape index (κ1) is 21.4. The minimum absolute atomic E-state index is 0. The van der Waals surface area contributed by atoms with Crippen molar-refractivity contribution >= 4 is 53.3 Å². The number of nitrogens with one attached hydrogen (secondary N) is 1. The summed E-state index contributed by atoms with van der Waals surface area (Å²) in [5.41, 5.74) is 0.544. The number of nitrogens with zero attached hydrogens (tertiary/aromatic N) is 2. The molecule has 0 bridgehead atoms. The van der Waals surface area contributed by atoms with Gasteiger partial charge in [-0.15, -0.1) is 35.5 Å². The number of carboxylic acid groups (broad SMARTS) is 1. The van der Waals surface area contributed by atoms with Gasteiger partial charge in [0.05, 0.1) is 18.1 Å². The van der Waals surface area contributed by atoms with Crippen molar-refractivity contribution in [3.63, 3.8) is 0 Å². The Morgan fingerprint density at radius 2 is 2.00 bits per heavy atom. The molecule has 0 spiro atoms. The van der Waals surface area contributed by atoms with E-state index in [1.54, 1.807) is 0 Å². The number of hydrogen-bond donors (Lipinski definition) is 1. The molecule has 1 saturated heterocycles. The van der Waals surface area contributed by atoms with Crippen LogP contribution in [0, 0.1) is 0 Å². The Labute approximate surface area is 181 Å². The number of amides is 2. The van der Waals surface area contributed by atoms with Crippen LogP contribution in [0.2, 0.25) is 0 Å². The molecule has 4 rings (SSSR count). The summed E-state index contributed by atoms with van der Waals surface area (Å²) in [4.78, 5) is 38.8. The normalized spacial score (nSPS) is 20.4. The number of aromatic nitrogens is 1. The van der Waals surface area contributed by atoms with Gasteiger partial charge in [-0.2, -0.15) is 0 Å². The van der Waals surface area contributed by atoms with Crippen LogP contribution in [0.1, 0.15) is 4.88 Å². The van der Waals surface area contributed by atoms with Crippen molar-refractivity contribution in [2.45, 2.75) is 24.4 Å². The Balaban J connectivity index is 0.00000240. The number of fused-ring (bicyclic) bond motifs is 1. The molecule has 2 atom stereocenters. The van der Waals surface area contributed by atoms with Gasteiger partial charge in [0, 0.05) is 28.3 Å². The van der Waals surface area contributed by atoms with Gasteiger partial charge in [-0.25, -0.2) is 4.57 Å². The predicted molar refractivity (Wildman–Crippen MR) is 109 cm³/mol. The van der Waals surface area contributed by atoms with Crippen molar-refractivity contribution in [2.24, 2.45) is 0 Å². The maximum atomic E-state index is 12.6. The number of hydrogen-bond acceptors (Lipinski definition) is 6. The van der Waals surface area contributed by atoms with E-state index in [4.69, 9.17) is 0 Å². The average molecular weight is 452 g/mol. The molecule has 10 heteroatoms. The average Bonchev–Trinajstić information content (AvgIpc) is 3.19. The number of carboxylic acids is 1. The number of β-lactam (4-membered cyclic amide) rings is 1. The molecular formula is C19H18ClN3O4S2. The van der Waals surface area contributed by atoms with Gasteiger partial charge in [-0.3, -0.25) is 14.5 Å². The van der Waals surface area contributed by atoms with Gasteiger partial charge >= 0.3 is 0 Å². The van der Waals surface area contributed by atoms with Crippen LogP contribution < -0.4 is 15.0 Å². The Bertz CT molecular complexity index is 950. The van der Waals surface area contributed by atoms with Gasteiger partial charge in [-0.05, 0) is 11.4 Å². The molecule has 0 aliphatic carbocycles. The molecule has 2 aliphatic rings. The fourth-order valence-electron chi connectivity index (χ4n) is 3.35. The number of aliphatic carboxylic acids is 1. The molecule has 1 fully saturated rings. The quantitative estimate of drug-likeness (QED) is 0.497. The van der Waals surface area contributed by atoms with Crippen LogP contribution in [-0.2, 0) is 27.3 Å². The van der Waals surface area contributed by atoms with Crippen LogP contribution in [0.3, 0.4) is 0 Å². The van der Waals surface area contributed by atoms with E-state index >= 15 is 0 Å². The van der Waals surface area contributed by atoms with Gasteiger partial charge in [-0.1, -0.05) is 12.1 Å². The molecule has 1 N–H and O–H groups in total. The molecule has 0 aromatic carbocycles. The lowest BCUT2D eigenvalue weighted by molar-refractivity contribution is -0.689. The van der Waals surface area contributed by atoms with E-state index in [9.17, 15) is 19.5 Å². The number of rotatable bonds is 6. The van der Waals surface area contributed by atoms with Crippen molar-refractivity contribution in [1.29, 1.82) is 0 Å². The van der Waals surface area contributed by atoms with Crippen LogP contribution >= 0.6 is 35.5 Å². The highest BCUT2D eigenvalue weighted by Gasteiger charge is 2.53. The summed E-state index contributed by atoms with van der Waals surface area (Å²) in [6.07, 6.45) is 3.88. The molecule has 29 heavy (non-hydrogen) atoms. The number of carbonyl (C=O) groups is 3. The summed E-state index contributed by atoms with van der Waals surface area (Å²) in [7, 11) is 0. The zero-order valence-corrected chi connectivity index (χ0v) is 17.6. The lowest BCUT2D eigenvalue weighted by Crippen LogP contribution is -2.71. The zero-order chi connectivity index (χ0) is 19.7. The number of halogens is 1. The van der Waals surface area contributed by atoms with Crippen molar-refractivity contribution in [2.75, 3.05) is 5.75 Å². The zero-order valence-electron chi connectivity index (χ0n) is 15.1. The molecule has 152 valence electrons. The molecule has 0 radical (unpaired) electrons. The molecule has 2 aromatic rings. The Morgan fingerprint density at radius 3 is 2.66 bits per heavy atom. The first-order valence-electron chi connectivity index (χ1n) is 8.68. The summed E-state index contributed by atoms with van der Waals surface area (Å²) >= 11 is 2.93. The van der Waals surface area contributed by atoms with E-state index in [0.717, 1.165) is 4.88 Å². The minimum Gasteiger partial charge on any atom is -0.543 e. The molecule has 0 saturated carbocycles. The van der Waals surface area contributed by atoms with E-state index in [0.29, 0.717) is 17.9 Å². The van der Waals surface area contributed by atoms with Crippen LogP contribution in [0.5, 0.6) is 0 Å². The largest absolute Gasteiger partial charge is 0.543 e. The third kappa shape index (κ3) is 4.31. The second kappa shape index (κ2) is 8.98. The molecule has 7 nitrogen and oxygen atoms in total. The van der Waals surface area contributed by atoms with Crippen LogP contribution in [0.25, 0.3) is 0 Å². The summed E-state index contributed by atoms with van der Waals surface area (Å²) in [5.74, 6) is -1.57. The van der Waals surface area contributed by atoms with Crippen LogP contribution in [0.15, 0.2) is 59.4 Å². The molecule has 2 amide bonds. The summed E-state index contributed by atoms with van der Waals surface area (Å²) in [6.45, 7) is 0.364. The Hall–Kier alpha value is -2.36. The number of pyridine rings is 1. The Morgan fingerprint density at radius 1 is 1.24 bits per heavy atom. The van der Waals surface area contributed by atoms with Crippen molar-refractivity contribution in [3.8, 4) is 0 Å². The highest BCUT2D eigenvalue weighted by atomic mass is 35.5. The SMILES string of the molecule is Cl.O=C(Cc1cccs1)N[C@@H]1C(=O)N2C(C(=O)[O-])=C(C[n+]3ccccc3)CS[C@H]12. The maximum absolute atomic E-state index is 12.6. The highest BCUT2D eigenvalue weighted by Crippen LogP contribution is 2.40. The van der Waals surface area contributed by atoms with Gasteiger partial charge in [0.25, 0.3) is 5.91 Å². The smallest absolute Gasteiger partial charge is 0.253 e. The summed E-state index contributed by atoms with van der Waals surface area (Å²) in [6, 6.07) is 8.59. The van der Waals surface area contributed by atoms with E-state index in [-0.39, 0.29) is 30.4 Å². The first-order chi connectivity index (χ1) is 13.5. The third-order valence-corrected chi connectivity index (χ3v) is 6.84. The van der Waals surface area contributed by atoms with E-state index in [1.165, 1.54) is 28.0 Å². The van der Waals surface area contributed by atoms with Gasteiger partial charge in [0.15, 0.2) is 18.9 Å².